The van der Waals surface area contributed by atoms with Crippen LogP contribution < -0.4 is 15.7 Å². The highest BCUT2D eigenvalue weighted by Gasteiger charge is 2.21. The molecule has 0 radical (unpaired) electrons. The first-order chi connectivity index (χ1) is 13.2. The maximum Gasteiger partial charge on any atom is 0.310 e. The van der Waals surface area contributed by atoms with Crippen molar-refractivity contribution in [3.05, 3.63) is 74.1 Å². The molecule has 28 heavy (non-hydrogen) atoms. The Morgan fingerprint density at radius 3 is 2.29 bits per heavy atom. The number of benzene rings is 2. The molecule has 1 amide bonds. The molecule has 1 aromatic heterocycles. The zero-order valence-corrected chi connectivity index (χ0v) is 16.6. The molecule has 0 saturated heterocycles. The largest absolute Gasteiger partial charge is 0.326 e. The van der Waals surface area contributed by atoms with Crippen molar-refractivity contribution >= 4 is 38.8 Å². The van der Waals surface area contributed by atoms with Crippen molar-refractivity contribution in [1.82, 2.24) is 4.57 Å². The van der Waals surface area contributed by atoms with Crippen molar-refractivity contribution in [3.63, 3.8) is 0 Å². The van der Waals surface area contributed by atoms with Crippen LogP contribution in [0.1, 0.15) is 31.1 Å². The van der Waals surface area contributed by atoms with Crippen LogP contribution in [-0.4, -0.2) is 16.3 Å². The maximum absolute atomic E-state index is 12.6. The van der Waals surface area contributed by atoms with Crippen LogP contribution in [0.4, 0.5) is 5.69 Å². The van der Waals surface area contributed by atoms with Gasteiger partial charge in [-0.25, -0.2) is 0 Å². The number of hydrogen-bond acceptors (Lipinski definition) is 5. The van der Waals surface area contributed by atoms with Gasteiger partial charge >= 0.3 is 4.87 Å². The highest BCUT2D eigenvalue weighted by molar-refractivity contribution is 7.16. The van der Waals surface area contributed by atoms with Gasteiger partial charge in [-0.15, -0.1) is 0 Å². The van der Waals surface area contributed by atoms with Crippen LogP contribution >= 0.6 is 11.3 Å². The van der Waals surface area contributed by atoms with Crippen LogP contribution in [0.3, 0.4) is 0 Å². The second-order valence-corrected chi connectivity index (χ2v) is 8.45. The second kappa shape index (κ2) is 7.52. The zero-order valence-electron chi connectivity index (χ0n) is 15.8. The molecule has 0 spiro atoms. The van der Waals surface area contributed by atoms with E-state index >= 15 is 0 Å². The first-order valence-corrected chi connectivity index (χ1v) is 9.56. The number of aromatic nitrogens is 1. The summed E-state index contributed by atoms with van der Waals surface area (Å²) in [4.78, 5) is 49.0. The average Bonchev–Trinajstić information content (AvgIpc) is 2.64. The van der Waals surface area contributed by atoms with Crippen LogP contribution in [0, 0.1) is 5.41 Å². The molecule has 2 aromatic carbocycles. The fourth-order valence-electron chi connectivity index (χ4n) is 2.54. The molecule has 0 atom stereocenters. The summed E-state index contributed by atoms with van der Waals surface area (Å²) < 4.78 is 1.56. The van der Waals surface area contributed by atoms with E-state index in [2.05, 4.69) is 5.32 Å². The van der Waals surface area contributed by atoms with Crippen molar-refractivity contribution < 1.29 is 9.59 Å². The highest BCUT2D eigenvalue weighted by atomic mass is 32.1. The molecule has 3 rings (SSSR count). The van der Waals surface area contributed by atoms with E-state index in [1.165, 1.54) is 0 Å². The minimum Gasteiger partial charge on any atom is -0.326 e. The summed E-state index contributed by atoms with van der Waals surface area (Å²) in [5.74, 6) is -0.484. The van der Waals surface area contributed by atoms with Crippen molar-refractivity contribution in [1.29, 1.82) is 0 Å². The summed E-state index contributed by atoms with van der Waals surface area (Å²) in [5.41, 5.74) is -0.0664. The van der Waals surface area contributed by atoms with Gasteiger partial charge in [0.15, 0.2) is 5.78 Å². The highest BCUT2D eigenvalue weighted by Crippen LogP contribution is 2.18. The van der Waals surface area contributed by atoms with Crippen LogP contribution in [0.2, 0.25) is 0 Å². The molecule has 3 aromatic rings. The number of nitrogens with one attached hydrogen (secondary N) is 1. The molecule has 1 N–H and O–H groups in total. The zero-order chi connectivity index (χ0) is 20.5. The van der Waals surface area contributed by atoms with Gasteiger partial charge in [0.05, 0.1) is 11.9 Å². The standard InChI is InChI=1S/C21H20N2O4S/c1-21(2,3)19(26)22-14-10-8-13(9-11-14)16(24)12-23-18(25)15-6-4-5-7-17(15)28-20(23)27/h4-11H,12H2,1-3H3,(H,22,26). The monoisotopic (exact) mass is 396 g/mol. The van der Waals surface area contributed by atoms with E-state index in [9.17, 15) is 19.2 Å². The minimum atomic E-state index is -0.530. The Balaban J connectivity index is 1.82. The molecule has 144 valence electrons. The van der Waals surface area contributed by atoms with E-state index in [1.807, 2.05) is 20.8 Å². The van der Waals surface area contributed by atoms with Crippen molar-refractivity contribution in [2.45, 2.75) is 27.3 Å². The fourth-order valence-corrected chi connectivity index (χ4v) is 3.40. The summed E-state index contributed by atoms with van der Waals surface area (Å²) in [6.45, 7) is 5.10. The van der Waals surface area contributed by atoms with Crippen LogP contribution in [0.5, 0.6) is 0 Å². The first-order valence-electron chi connectivity index (χ1n) is 8.74. The molecule has 0 saturated carbocycles. The van der Waals surface area contributed by atoms with Crippen molar-refractivity contribution in [2.75, 3.05) is 5.32 Å². The number of hydrogen-bond donors (Lipinski definition) is 1. The number of ketones is 1. The van der Waals surface area contributed by atoms with E-state index in [4.69, 9.17) is 0 Å². The molecule has 7 heteroatoms. The number of carbonyl (C=O) groups is 2. The Morgan fingerprint density at radius 2 is 1.64 bits per heavy atom. The third-order valence-electron chi connectivity index (χ3n) is 4.23. The van der Waals surface area contributed by atoms with E-state index in [1.54, 1.807) is 48.5 Å². The van der Waals surface area contributed by atoms with Crippen LogP contribution in [0.15, 0.2) is 58.1 Å². The molecule has 0 fully saturated rings. The van der Waals surface area contributed by atoms with Gasteiger partial charge in [-0.05, 0) is 36.4 Å². The summed E-state index contributed by atoms with van der Waals surface area (Å²) in [6.07, 6.45) is 0. The maximum atomic E-state index is 12.6. The lowest BCUT2D eigenvalue weighted by Crippen LogP contribution is -2.33. The van der Waals surface area contributed by atoms with Gasteiger partial charge in [0.2, 0.25) is 5.91 Å². The molecule has 0 bridgehead atoms. The first kappa shape index (κ1) is 19.7. The van der Waals surface area contributed by atoms with Gasteiger partial charge in [0.25, 0.3) is 5.56 Å². The normalized spacial score (nSPS) is 11.4. The third kappa shape index (κ3) is 4.09. The predicted molar refractivity (Wildman–Crippen MR) is 111 cm³/mol. The molecule has 0 aliphatic heterocycles. The topological polar surface area (TPSA) is 85.2 Å². The Kier molecular flexibility index (Phi) is 5.29. The van der Waals surface area contributed by atoms with Crippen LogP contribution in [0.25, 0.3) is 10.1 Å². The lowest BCUT2D eigenvalue weighted by molar-refractivity contribution is -0.123. The summed E-state index contributed by atoms with van der Waals surface area (Å²) in [7, 11) is 0. The summed E-state index contributed by atoms with van der Waals surface area (Å²) >= 11 is 0.939. The van der Waals surface area contributed by atoms with E-state index < -0.39 is 15.8 Å². The van der Waals surface area contributed by atoms with Gasteiger partial charge < -0.3 is 5.32 Å². The van der Waals surface area contributed by atoms with Gasteiger partial charge in [-0.2, -0.15) is 0 Å². The Bertz CT molecular complexity index is 1170. The van der Waals surface area contributed by atoms with Crippen molar-refractivity contribution in [2.24, 2.45) is 5.41 Å². The van der Waals surface area contributed by atoms with Gasteiger partial charge in [-0.3, -0.25) is 23.7 Å². The molecule has 1 heterocycles. The predicted octanol–water partition coefficient (Wildman–Crippen LogP) is 3.29. The number of Topliss-reactive ketones (excluding diaryl/α,β-unsaturated/α-hetero) is 1. The van der Waals surface area contributed by atoms with Crippen LogP contribution in [-0.2, 0) is 11.3 Å². The summed E-state index contributed by atoms with van der Waals surface area (Å²) in [6, 6.07) is 13.2. The Morgan fingerprint density at radius 1 is 1.00 bits per heavy atom. The quantitative estimate of drug-likeness (QED) is 0.686. The number of nitrogens with zero attached hydrogens (tertiary/aromatic N) is 1. The molecule has 0 aliphatic carbocycles. The third-order valence-corrected chi connectivity index (χ3v) is 5.20. The lowest BCUT2D eigenvalue weighted by Gasteiger charge is -2.17. The van der Waals surface area contributed by atoms with Gasteiger partial charge in [0.1, 0.15) is 0 Å². The number of rotatable bonds is 4. The number of fused-ring (bicyclic) bond motifs is 1. The SMILES string of the molecule is CC(C)(C)C(=O)Nc1ccc(C(=O)Cn2c(=O)sc3ccccc3c2=O)cc1. The second-order valence-electron chi connectivity index (χ2n) is 7.46. The lowest BCUT2D eigenvalue weighted by atomic mass is 9.95. The van der Waals surface area contributed by atoms with E-state index in [-0.39, 0.29) is 18.2 Å². The fraction of sp³-hybridized carbons (Fsp3) is 0.238. The number of anilines is 1. The van der Waals surface area contributed by atoms with Crippen molar-refractivity contribution in [3.8, 4) is 0 Å². The van der Waals surface area contributed by atoms with E-state index in [0.717, 1.165) is 15.9 Å². The molecular formula is C21H20N2O4S. The summed E-state index contributed by atoms with van der Waals surface area (Å²) in [5, 5.41) is 3.20. The number of carbonyl (C=O) groups excluding carboxylic acids is 2. The van der Waals surface area contributed by atoms with E-state index in [0.29, 0.717) is 21.3 Å². The molecular weight excluding hydrogens is 376 g/mol. The molecule has 0 unspecified atom stereocenters. The average molecular weight is 396 g/mol. The molecule has 0 aliphatic rings. The van der Waals surface area contributed by atoms with Gasteiger partial charge in [0, 0.05) is 21.4 Å². The Labute approximate surface area is 165 Å². The Hall–Kier alpha value is -3.06. The minimum absolute atomic E-state index is 0.133. The molecule has 6 nitrogen and oxygen atoms in total. The number of amides is 1. The smallest absolute Gasteiger partial charge is 0.310 e. The van der Waals surface area contributed by atoms with Gasteiger partial charge in [-0.1, -0.05) is 44.2 Å².